The molecule has 0 aliphatic carbocycles. The van der Waals surface area contributed by atoms with Crippen LogP contribution in [-0.4, -0.2) is 17.6 Å². The summed E-state index contributed by atoms with van der Waals surface area (Å²) in [5.41, 5.74) is 6.71. The van der Waals surface area contributed by atoms with E-state index < -0.39 is 5.97 Å². The first kappa shape index (κ1) is 13.1. The van der Waals surface area contributed by atoms with E-state index in [-0.39, 0.29) is 18.2 Å². The minimum absolute atomic E-state index is 0.0222. The van der Waals surface area contributed by atoms with Crippen LogP contribution in [0.1, 0.15) is 23.0 Å². The molecular weight excluding hydrogens is 320 g/mol. The number of esters is 1. The Labute approximate surface area is 116 Å². The van der Waals surface area contributed by atoms with Crippen molar-refractivity contribution in [3.05, 3.63) is 21.1 Å². The van der Waals surface area contributed by atoms with Crippen LogP contribution in [0.3, 0.4) is 0 Å². The number of nitrogens with zero attached hydrogens (tertiary/aromatic N) is 1. The predicted octanol–water partition coefficient (Wildman–Crippen LogP) is 3.23. The van der Waals surface area contributed by atoms with Crippen molar-refractivity contribution in [1.29, 1.82) is 0 Å². The minimum atomic E-state index is -0.572. The van der Waals surface area contributed by atoms with Crippen LogP contribution in [0.5, 0.6) is 0 Å². The van der Waals surface area contributed by atoms with Gasteiger partial charge in [-0.25, -0.2) is 4.79 Å². The smallest absolute Gasteiger partial charge is 0.362 e. The van der Waals surface area contributed by atoms with E-state index in [0.29, 0.717) is 5.89 Å². The molecule has 0 aromatic carbocycles. The number of oxazole rings is 1. The third kappa shape index (κ3) is 2.41. The molecule has 2 aromatic heterocycles. The molecule has 0 atom stereocenters. The average molecular weight is 331 g/mol. The van der Waals surface area contributed by atoms with Gasteiger partial charge in [0.25, 0.3) is 0 Å². The summed E-state index contributed by atoms with van der Waals surface area (Å²) in [6.07, 6.45) is 0. The Morgan fingerprint density at radius 1 is 1.67 bits per heavy atom. The van der Waals surface area contributed by atoms with Crippen LogP contribution < -0.4 is 5.73 Å². The lowest BCUT2D eigenvalue weighted by Crippen LogP contribution is -2.07. The number of carbonyl (C=O) groups excluding carboxylic acids is 1. The van der Waals surface area contributed by atoms with Crippen LogP contribution in [0.4, 0.5) is 5.88 Å². The van der Waals surface area contributed by atoms with Crippen LogP contribution in [0.25, 0.3) is 10.8 Å². The zero-order chi connectivity index (χ0) is 13.3. The molecular formula is C11H11BrN2O3S. The zero-order valence-electron chi connectivity index (χ0n) is 9.82. The van der Waals surface area contributed by atoms with E-state index in [2.05, 4.69) is 20.9 Å². The van der Waals surface area contributed by atoms with Gasteiger partial charge in [0.2, 0.25) is 17.5 Å². The lowest BCUT2D eigenvalue weighted by Gasteiger charge is -1.96. The Kier molecular flexibility index (Phi) is 3.72. The van der Waals surface area contributed by atoms with E-state index in [9.17, 15) is 4.79 Å². The number of ether oxygens (including phenoxy) is 1. The van der Waals surface area contributed by atoms with Crippen LogP contribution in [0.15, 0.2) is 14.3 Å². The van der Waals surface area contributed by atoms with Gasteiger partial charge in [-0.05, 0) is 41.4 Å². The first-order chi connectivity index (χ1) is 8.52. The lowest BCUT2D eigenvalue weighted by atomic mass is 10.3. The van der Waals surface area contributed by atoms with Gasteiger partial charge in [-0.15, -0.1) is 11.3 Å². The molecule has 7 heteroatoms. The number of halogens is 1. The fourth-order valence-electron chi connectivity index (χ4n) is 1.35. The molecule has 0 saturated carbocycles. The summed E-state index contributed by atoms with van der Waals surface area (Å²) in [7, 11) is 0. The number of nitrogens with two attached hydrogens (primary N) is 1. The van der Waals surface area contributed by atoms with Crippen molar-refractivity contribution >= 4 is 39.1 Å². The first-order valence-corrected chi connectivity index (χ1v) is 6.83. The largest absolute Gasteiger partial charge is 0.461 e. The predicted molar refractivity (Wildman–Crippen MR) is 72.6 cm³/mol. The summed E-state index contributed by atoms with van der Waals surface area (Å²) in [6.45, 7) is 3.95. The van der Waals surface area contributed by atoms with Crippen molar-refractivity contribution < 1.29 is 13.9 Å². The highest BCUT2D eigenvalue weighted by Crippen LogP contribution is 2.35. The highest BCUT2D eigenvalue weighted by atomic mass is 79.9. The number of rotatable bonds is 3. The number of nitrogen functional groups attached to an aromatic ring is 1. The molecule has 96 valence electrons. The molecule has 2 heterocycles. The van der Waals surface area contributed by atoms with Crippen molar-refractivity contribution in [2.45, 2.75) is 13.8 Å². The van der Waals surface area contributed by atoms with E-state index >= 15 is 0 Å². The Hall–Kier alpha value is -1.34. The molecule has 0 amide bonds. The van der Waals surface area contributed by atoms with Gasteiger partial charge < -0.3 is 14.9 Å². The number of aryl methyl sites for hydroxylation is 1. The van der Waals surface area contributed by atoms with Gasteiger partial charge in [0.05, 0.1) is 15.3 Å². The Morgan fingerprint density at radius 3 is 2.94 bits per heavy atom. The van der Waals surface area contributed by atoms with E-state index in [1.165, 1.54) is 11.3 Å². The lowest BCUT2D eigenvalue weighted by molar-refractivity contribution is 0.0521. The number of thiophene rings is 1. The molecule has 0 aliphatic heterocycles. The summed E-state index contributed by atoms with van der Waals surface area (Å²) < 4.78 is 11.1. The van der Waals surface area contributed by atoms with Crippen molar-refractivity contribution in [3.8, 4) is 10.8 Å². The first-order valence-electron chi connectivity index (χ1n) is 5.22. The fraction of sp³-hybridized carbons (Fsp3) is 0.273. The van der Waals surface area contributed by atoms with Crippen molar-refractivity contribution in [1.82, 2.24) is 4.98 Å². The van der Waals surface area contributed by atoms with Gasteiger partial charge >= 0.3 is 5.97 Å². The fourth-order valence-corrected chi connectivity index (χ4v) is 2.81. The van der Waals surface area contributed by atoms with Gasteiger partial charge in [0, 0.05) is 0 Å². The maximum Gasteiger partial charge on any atom is 0.362 e. The summed E-state index contributed by atoms with van der Waals surface area (Å²) in [4.78, 5) is 16.4. The molecule has 0 spiro atoms. The van der Waals surface area contributed by atoms with E-state index in [1.54, 1.807) is 6.92 Å². The molecule has 2 N–H and O–H groups in total. The molecule has 0 aliphatic rings. The maximum absolute atomic E-state index is 11.6. The van der Waals surface area contributed by atoms with Crippen LogP contribution in [-0.2, 0) is 4.74 Å². The maximum atomic E-state index is 11.6. The number of aromatic nitrogens is 1. The van der Waals surface area contributed by atoms with Crippen molar-refractivity contribution in [3.63, 3.8) is 0 Å². The van der Waals surface area contributed by atoms with Gasteiger partial charge in [-0.2, -0.15) is 4.98 Å². The molecule has 0 bridgehead atoms. The SMILES string of the molecule is CCOC(=O)c1nc(-c2cc(C)c(Br)s2)oc1N. The van der Waals surface area contributed by atoms with Crippen molar-refractivity contribution in [2.24, 2.45) is 0 Å². The molecule has 2 aromatic rings. The molecule has 0 unspecified atom stereocenters. The normalized spacial score (nSPS) is 10.6. The number of carbonyl (C=O) groups is 1. The topological polar surface area (TPSA) is 78.3 Å². The summed E-state index contributed by atoms with van der Waals surface area (Å²) >= 11 is 4.89. The number of hydrogen-bond donors (Lipinski definition) is 1. The minimum Gasteiger partial charge on any atom is -0.461 e. The van der Waals surface area contributed by atoms with Crippen LogP contribution in [0, 0.1) is 6.92 Å². The second-order valence-corrected chi connectivity index (χ2v) is 5.89. The third-order valence-electron chi connectivity index (χ3n) is 2.19. The van der Waals surface area contributed by atoms with Gasteiger partial charge in [-0.3, -0.25) is 0 Å². The molecule has 18 heavy (non-hydrogen) atoms. The van der Waals surface area contributed by atoms with Crippen molar-refractivity contribution in [2.75, 3.05) is 12.3 Å². The number of anilines is 1. The summed E-state index contributed by atoms with van der Waals surface area (Å²) in [6, 6.07) is 1.91. The summed E-state index contributed by atoms with van der Waals surface area (Å²) in [5, 5.41) is 0. The highest BCUT2D eigenvalue weighted by Gasteiger charge is 2.21. The number of hydrogen-bond acceptors (Lipinski definition) is 6. The molecule has 2 rings (SSSR count). The third-order valence-corrected chi connectivity index (χ3v) is 4.31. The average Bonchev–Trinajstić information content (AvgIpc) is 2.84. The van der Waals surface area contributed by atoms with Crippen LogP contribution >= 0.6 is 27.3 Å². The molecule has 0 radical (unpaired) electrons. The second-order valence-electron chi connectivity index (χ2n) is 3.52. The Bertz CT molecular complexity index is 572. The Morgan fingerprint density at radius 2 is 2.39 bits per heavy atom. The van der Waals surface area contributed by atoms with E-state index in [1.807, 2.05) is 13.0 Å². The molecule has 0 saturated heterocycles. The van der Waals surface area contributed by atoms with Gasteiger partial charge in [0.15, 0.2) is 0 Å². The van der Waals surface area contributed by atoms with Gasteiger partial charge in [0.1, 0.15) is 0 Å². The van der Waals surface area contributed by atoms with Gasteiger partial charge in [-0.1, -0.05) is 0 Å². The molecule has 0 fully saturated rings. The second kappa shape index (κ2) is 5.11. The standard InChI is InChI=1S/C11H11BrN2O3S/c1-3-16-11(15)7-9(13)17-10(14-7)6-4-5(2)8(12)18-6/h4H,3,13H2,1-2H3. The molecule has 5 nitrogen and oxygen atoms in total. The monoisotopic (exact) mass is 330 g/mol. The highest BCUT2D eigenvalue weighted by molar-refractivity contribution is 9.11. The quantitative estimate of drug-likeness (QED) is 0.874. The zero-order valence-corrected chi connectivity index (χ0v) is 12.2. The summed E-state index contributed by atoms with van der Waals surface area (Å²) in [5.74, 6) is -0.266. The van der Waals surface area contributed by atoms with E-state index in [0.717, 1.165) is 14.2 Å². The van der Waals surface area contributed by atoms with Crippen LogP contribution in [0.2, 0.25) is 0 Å². The van der Waals surface area contributed by atoms with E-state index in [4.69, 9.17) is 14.9 Å². The Balaban J connectivity index is 2.36.